The SMILES string of the molecule is CN(C(=O)/C=C/c1ccc2c(c1)OCO2)[C@H](C(=O)Nc1ccc2c(c1)OCCO2)c1ccccc1. The molecular weight excluding hydrogens is 448 g/mol. The first-order chi connectivity index (χ1) is 17.1. The zero-order chi connectivity index (χ0) is 24.2. The number of rotatable bonds is 6. The standard InChI is InChI=1S/C27H24N2O6/c1-29(25(30)12-8-18-7-10-22-23(15-18)35-17-34-22)26(19-5-3-2-4-6-19)27(31)28-20-9-11-21-24(16-20)33-14-13-32-21/h2-12,15-16,26H,13-14,17H2,1H3,(H,28,31)/b12-8+/t26-/m0/s1. The molecule has 0 radical (unpaired) electrons. The van der Waals surface area contributed by atoms with E-state index in [0.29, 0.717) is 47.5 Å². The summed E-state index contributed by atoms with van der Waals surface area (Å²) in [5, 5.41) is 2.91. The highest BCUT2D eigenvalue weighted by atomic mass is 16.7. The van der Waals surface area contributed by atoms with Gasteiger partial charge in [-0.1, -0.05) is 36.4 Å². The predicted octanol–water partition coefficient (Wildman–Crippen LogP) is 4.04. The first-order valence-corrected chi connectivity index (χ1v) is 11.2. The minimum absolute atomic E-state index is 0.182. The first-order valence-electron chi connectivity index (χ1n) is 11.2. The zero-order valence-corrected chi connectivity index (χ0v) is 19.1. The number of fused-ring (bicyclic) bond motifs is 2. The third kappa shape index (κ3) is 4.91. The Bertz CT molecular complexity index is 1270. The topological polar surface area (TPSA) is 86.3 Å². The van der Waals surface area contributed by atoms with Gasteiger partial charge in [-0.25, -0.2) is 0 Å². The van der Waals surface area contributed by atoms with Gasteiger partial charge in [0, 0.05) is 24.9 Å². The van der Waals surface area contributed by atoms with Crippen LogP contribution in [-0.4, -0.2) is 43.8 Å². The van der Waals surface area contributed by atoms with Crippen LogP contribution in [0.25, 0.3) is 6.08 Å². The van der Waals surface area contributed by atoms with E-state index in [1.54, 1.807) is 43.5 Å². The lowest BCUT2D eigenvalue weighted by molar-refractivity contribution is -0.133. The van der Waals surface area contributed by atoms with Gasteiger partial charge in [-0.2, -0.15) is 0 Å². The van der Waals surface area contributed by atoms with Crippen molar-refractivity contribution in [3.8, 4) is 23.0 Å². The fraction of sp³-hybridized carbons (Fsp3) is 0.185. The maximum atomic E-state index is 13.4. The molecule has 2 amide bonds. The molecule has 0 aliphatic carbocycles. The number of carbonyl (C=O) groups excluding carboxylic acids is 2. The molecule has 0 aromatic heterocycles. The van der Waals surface area contributed by atoms with E-state index >= 15 is 0 Å². The van der Waals surface area contributed by atoms with Crippen molar-refractivity contribution in [3.63, 3.8) is 0 Å². The second-order valence-electron chi connectivity index (χ2n) is 8.06. The maximum absolute atomic E-state index is 13.4. The van der Waals surface area contributed by atoms with Crippen LogP contribution in [0.3, 0.4) is 0 Å². The van der Waals surface area contributed by atoms with Crippen LogP contribution in [-0.2, 0) is 9.59 Å². The molecule has 0 bridgehead atoms. The van der Waals surface area contributed by atoms with Gasteiger partial charge in [-0.05, 0) is 41.5 Å². The van der Waals surface area contributed by atoms with E-state index in [-0.39, 0.29) is 18.6 Å². The summed E-state index contributed by atoms with van der Waals surface area (Å²) in [6.45, 7) is 1.12. The Morgan fingerprint density at radius 3 is 2.37 bits per heavy atom. The Balaban J connectivity index is 1.35. The van der Waals surface area contributed by atoms with E-state index in [1.165, 1.54) is 11.0 Å². The van der Waals surface area contributed by atoms with Gasteiger partial charge in [-0.3, -0.25) is 9.59 Å². The molecule has 178 valence electrons. The average Bonchev–Trinajstić information content (AvgIpc) is 3.36. The normalized spacial score (nSPS) is 14.4. The van der Waals surface area contributed by atoms with Gasteiger partial charge < -0.3 is 29.2 Å². The molecule has 0 spiro atoms. The lowest BCUT2D eigenvalue weighted by atomic mass is 10.0. The van der Waals surface area contributed by atoms with Crippen LogP contribution in [0.2, 0.25) is 0 Å². The summed E-state index contributed by atoms with van der Waals surface area (Å²) in [6, 6.07) is 19.0. The molecule has 8 nitrogen and oxygen atoms in total. The summed E-state index contributed by atoms with van der Waals surface area (Å²) in [5.41, 5.74) is 2.03. The Kier molecular flexibility index (Phi) is 6.26. The van der Waals surface area contributed by atoms with Crippen molar-refractivity contribution in [2.45, 2.75) is 6.04 Å². The van der Waals surface area contributed by atoms with E-state index in [2.05, 4.69) is 5.32 Å². The number of amides is 2. The van der Waals surface area contributed by atoms with Gasteiger partial charge in [0.05, 0.1) is 0 Å². The summed E-state index contributed by atoms with van der Waals surface area (Å²) in [7, 11) is 1.60. The van der Waals surface area contributed by atoms with Crippen LogP contribution < -0.4 is 24.3 Å². The number of likely N-dealkylation sites (N-methyl/N-ethyl adjacent to an activating group) is 1. The summed E-state index contributed by atoms with van der Waals surface area (Å²) >= 11 is 0. The quantitative estimate of drug-likeness (QED) is 0.545. The van der Waals surface area contributed by atoms with Crippen LogP contribution in [0.15, 0.2) is 72.8 Å². The number of benzene rings is 3. The second-order valence-corrected chi connectivity index (χ2v) is 8.06. The maximum Gasteiger partial charge on any atom is 0.251 e. The molecule has 0 saturated heterocycles. The van der Waals surface area contributed by atoms with E-state index in [4.69, 9.17) is 18.9 Å². The van der Waals surface area contributed by atoms with Crippen LogP contribution in [0.4, 0.5) is 5.69 Å². The molecule has 35 heavy (non-hydrogen) atoms. The average molecular weight is 472 g/mol. The Morgan fingerprint density at radius 2 is 1.54 bits per heavy atom. The minimum Gasteiger partial charge on any atom is -0.486 e. The highest BCUT2D eigenvalue weighted by Crippen LogP contribution is 2.34. The van der Waals surface area contributed by atoms with E-state index < -0.39 is 6.04 Å². The van der Waals surface area contributed by atoms with Crippen LogP contribution in [0.1, 0.15) is 17.2 Å². The molecular formula is C27H24N2O6. The molecule has 8 heteroatoms. The number of anilines is 1. The first kappa shape index (κ1) is 22.3. The summed E-state index contributed by atoms with van der Waals surface area (Å²) in [4.78, 5) is 27.9. The number of hydrogen-bond acceptors (Lipinski definition) is 6. The van der Waals surface area contributed by atoms with Gasteiger partial charge in [0.15, 0.2) is 23.0 Å². The van der Waals surface area contributed by atoms with Crippen molar-refractivity contribution in [1.29, 1.82) is 0 Å². The van der Waals surface area contributed by atoms with Crippen molar-refractivity contribution in [2.24, 2.45) is 0 Å². The van der Waals surface area contributed by atoms with Crippen molar-refractivity contribution in [3.05, 3.63) is 83.9 Å². The smallest absolute Gasteiger partial charge is 0.251 e. The fourth-order valence-electron chi connectivity index (χ4n) is 3.95. The van der Waals surface area contributed by atoms with E-state index in [9.17, 15) is 9.59 Å². The van der Waals surface area contributed by atoms with Gasteiger partial charge in [-0.15, -0.1) is 0 Å². The van der Waals surface area contributed by atoms with Gasteiger partial charge in [0.1, 0.15) is 19.3 Å². The molecule has 0 fully saturated rings. The Labute approximate surface area is 202 Å². The van der Waals surface area contributed by atoms with Crippen LogP contribution in [0.5, 0.6) is 23.0 Å². The van der Waals surface area contributed by atoms with Crippen LogP contribution >= 0.6 is 0 Å². The highest BCUT2D eigenvalue weighted by Gasteiger charge is 2.28. The van der Waals surface area contributed by atoms with Crippen molar-refractivity contribution in [2.75, 3.05) is 32.4 Å². The molecule has 3 aromatic carbocycles. The summed E-state index contributed by atoms with van der Waals surface area (Å²) in [6.07, 6.45) is 3.12. The molecule has 1 N–H and O–H groups in total. The number of nitrogens with zero attached hydrogens (tertiary/aromatic N) is 1. The third-order valence-electron chi connectivity index (χ3n) is 5.72. The van der Waals surface area contributed by atoms with Crippen molar-refractivity contribution in [1.82, 2.24) is 4.90 Å². The minimum atomic E-state index is -0.849. The van der Waals surface area contributed by atoms with Crippen LogP contribution in [0, 0.1) is 0 Å². The Morgan fingerprint density at radius 1 is 0.857 bits per heavy atom. The lowest BCUT2D eigenvalue weighted by Gasteiger charge is -2.27. The van der Waals surface area contributed by atoms with E-state index in [1.807, 2.05) is 36.4 Å². The number of nitrogens with one attached hydrogen (secondary N) is 1. The number of carbonyl (C=O) groups is 2. The highest BCUT2D eigenvalue weighted by molar-refractivity contribution is 6.00. The molecule has 3 aromatic rings. The van der Waals surface area contributed by atoms with Gasteiger partial charge in [0.2, 0.25) is 12.7 Å². The van der Waals surface area contributed by atoms with E-state index in [0.717, 1.165) is 5.56 Å². The zero-order valence-electron chi connectivity index (χ0n) is 19.1. The molecule has 1 atom stereocenters. The number of ether oxygens (including phenoxy) is 4. The predicted molar refractivity (Wildman–Crippen MR) is 130 cm³/mol. The van der Waals surface area contributed by atoms with Gasteiger partial charge in [0.25, 0.3) is 5.91 Å². The molecule has 0 unspecified atom stereocenters. The molecule has 2 heterocycles. The lowest BCUT2D eigenvalue weighted by Crippen LogP contribution is -2.37. The monoisotopic (exact) mass is 472 g/mol. The fourth-order valence-corrected chi connectivity index (χ4v) is 3.95. The Hall–Kier alpha value is -4.46. The largest absolute Gasteiger partial charge is 0.486 e. The number of hydrogen-bond donors (Lipinski definition) is 1. The van der Waals surface area contributed by atoms with Crippen molar-refractivity contribution < 1.29 is 28.5 Å². The molecule has 2 aliphatic heterocycles. The van der Waals surface area contributed by atoms with Gasteiger partial charge >= 0.3 is 0 Å². The van der Waals surface area contributed by atoms with Crippen molar-refractivity contribution >= 4 is 23.6 Å². The molecule has 2 aliphatic rings. The molecule has 0 saturated carbocycles. The summed E-state index contributed by atoms with van der Waals surface area (Å²) < 4.78 is 21.9. The molecule has 5 rings (SSSR count). The third-order valence-corrected chi connectivity index (χ3v) is 5.72. The second kappa shape index (κ2) is 9.80. The summed E-state index contributed by atoms with van der Waals surface area (Å²) in [5.74, 6) is 1.84.